The van der Waals surface area contributed by atoms with E-state index in [2.05, 4.69) is 20.1 Å². The van der Waals surface area contributed by atoms with Crippen LogP contribution in [0.25, 0.3) is 0 Å². The van der Waals surface area contributed by atoms with E-state index in [1.807, 2.05) is 20.8 Å². The van der Waals surface area contributed by atoms with Gasteiger partial charge < -0.3 is 14.8 Å². The molecule has 0 radical (unpaired) electrons. The molecule has 2 aliphatic rings. The molecule has 2 aliphatic heterocycles. The number of amides is 2. The molecule has 1 aromatic heterocycles. The average molecular weight is 333 g/mol. The number of hydrogen-bond donors (Lipinski definition) is 1. The predicted octanol–water partition coefficient (Wildman–Crippen LogP) is 1.44. The van der Waals surface area contributed by atoms with Crippen molar-refractivity contribution in [1.29, 1.82) is 0 Å². The van der Waals surface area contributed by atoms with Crippen LogP contribution in [0.2, 0.25) is 0 Å². The van der Waals surface area contributed by atoms with Gasteiger partial charge in [-0.2, -0.15) is 0 Å². The second-order valence-electron chi connectivity index (χ2n) is 7.21. The highest BCUT2D eigenvalue weighted by Crippen LogP contribution is 2.22. The van der Waals surface area contributed by atoms with Crippen molar-refractivity contribution in [3.8, 4) is 0 Å². The molecule has 0 saturated carbocycles. The van der Waals surface area contributed by atoms with Crippen LogP contribution in [0.4, 0.5) is 0 Å². The minimum Gasteiger partial charge on any atom is -0.346 e. The van der Waals surface area contributed by atoms with Gasteiger partial charge in [-0.1, -0.05) is 6.42 Å². The van der Waals surface area contributed by atoms with Gasteiger partial charge in [0.05, 0.1) is 12.0 Å². The fourth-order valence-electron chi connectivity index (χ4n) is 3.63. The number of fused-ring (bicyclic) bond motifs is 1. The van der Waals surface area contributed by atoms with Gasteiger partial charge in [0.2, 0.25) is 11.8 Å². The molecule has 0 aromatic carbocycles. The van der Waals surface area contributed by atoms with Crippen molar-refractivity contribution in [1.82, 2.24) is 25.0 Å². The van der Waals surface area contributed by atoms with Crippen LogP contribution in [0.1, 0.15) is 64.1 Å². The van der Waals surface area contributed by atoms with Crippen LogP contribution in [0.3, 0.4) is 0 Å². The maximum Gasteiger partial charge on any atom is 0.226 e. The number of rotatable bonds is 4. The summed E-state index contributed by atoms with van der Waals surface area (Å²) in [6.45, 7) is 7.32. The summed E-state index contributed by atoms with van der Waals surface area (Å²) in [5.41, 5.74) is 0. The third-order valence-electron chi connectivity index (χ3n) is 5.04. The Bertz CT molecular complexity index is 624. The second kappa shape index (κ2) is 6.91. The summed E-state index contributed by atoms with van der Waals surface area (Å²) in [5, 5.41) is 11.6. The summed E-state index contributed by atoms with van der Waals surface area (Å²) in [6.07, 6.45) is 4.73. The van der Waals surface area contributed by atoms with E-state index in [1.54, 1.807) is 4.90 Å². The van der Waals surface area contributed by atoms with E-state index in [0.717, 1.165) is 37.5 Å². The van der Waals surface area contributed by atoms with Gasteiger partial charge >= 0.3 is 0 Å². The number of carbonyl (C=O) groups excluding carboxylic acids is 2. The summed E-state index contributed by atoms with van der Waals surface area (Å²) in [6, 6.07) is -0.0555. The van der Waals surface area contributed by atoms with Gasteiger partial charge in [-0.15, -0.1) is 10.2 Å². The Morgan fingerprint density at radius 3 is 2.71 bits per heavy atom. The molecule has 1 saturated heterocycles. The third-order valence-corrected chi connectivity index (χ3v) is 5.04. The summed E-state index contributed by atoms with van der Waals surface area (Å²) >= 11 is 0. The van der Waals surface area contributed by atoms with E-state index in [9.17, 15) is 9.59 Å². The van der Waals surface area contributed by atoms with Crippen LogP contribution in [-0.4, -0.2) is 44.1 Å². The molecule has 132 valence electrons. The van der Waals surface area contributed by atoms with Crippen molar-refractivity contribution < 1.29 is 9.59 Å². The van der Waals surface area contributed by atoms with E-state index in [-0.39, 0.29) is 29.8 Å². The van der Waals surface area contributed by atoms with Gasteiger partial charge in [0, 0.05) is 32.0 Å². The number of aromatic nitrogens is 3. The molecular weight excluding hydrogens is 306 g/mol. The lowest BCUT2D eigenvalue weighted by atomic mass is 10.1. The molecule has 3 rings (SSSR count). The fourth-order valence-corrected chi connectivity index (χ4v) is 3.63. The monoisotopic (exact) mass is 333 g/mol. The zero-order valence-electron chi connectivity index (χ0n) is 14.8. The summed E-state index contributed by atoms with van der Waals surface area (Å²) in [4.78, 5) is 26.3. The first-order valence-corrected chi connectivity index (χ1v) is 8.99. The standard InChI is InChI=1S/C17H27N5O2/c1-11(2)22-10-13(9-15(22)23)17(24)18-12(3)16-20-19-14-7-5-4-6-8-21(14)16/h11-13H,4-10H2,1-3H3,(H,18,24)/t12-,13+/m1/s1. The maximum atomic E-state index is 12.6. The first kappa shape index (κ1) is 16.9. The molecule has 0 bridgehead atoms. The van der Waals surface area contributed by atoms with E-state index < -0.39 is 0 Å². The summed E-state index contributed by atoms with van der Waals surface area (Å²) < 4.78 is 2.15. The van der Waals surface area contributed by atoms with Crippen molar-refractivity contribution in [3.05, 3.63) is 11.6 Å². The number of nitrogens with zero attached hydrogens (tertiary/aromatic N) is 4. The number of hydrogen-bond acceptors (Lipinski definition) is 4. The van der Waals surface area contributed by atoms with Crippen LogP contribution >= 0.6 is 0 Å². The third kappa shape index (κ3) is 3.30. The highest BCUT2D eigenvalue weighted by Gasteiger charge is 2.36. The smallest absolute Gasteiger partial charge is 0.226 e. The predicted molar refractivity (Wildman–Crippen MR) is 89.1 cm³/mol. The molecule has 7 heteroatoms. The van der Waals surface area contributed by atoms with E-state index in [4.69, 9.17) is 0 Å². The Hall–Kier alpha value is -1.92. The van der Waals surface area contributed by atoms with Crippen LogP contribution in [0.5, 0.6) is 0 Å². The van der Waals surface area contributed by atoms with E-state index >= 15 is 0 Å². The molecule has 0 spiro atoms. The van der Waals surface area contributed by atoms with Crippen LogP contribution < -0.4 is 5.32 Å². The first-order chi connectivity index (χ1) is 11.5. The molecule has 24 heavy (non-hydrogen) atoms. The second-order valence-corrected chi connectivity index (χ2v) is 7.21. The number of likely N-dealkylation sites (tertiary alicyclic amines) is 1. The lowest BCUT2D eigenvalue weighted by Crippen LogP contribution is -2.37. The van der Waals surface area contributed by atoms with E-state index in [1.165, 1.54) is 6.42 Å². The summed E-state index contributed by atoms with van der Waals surface area (Å²) in [5.74, 6) is 1.57. The Morgan fingerprint density at radius 2 is 2.00 bits per heavy atom. The molecule has 2 amide bonds. The van der Waals surface area contributed by atoms with Gasteiger partial charge in [0.25, 0.3) is 0 Å². The molecule has 0 aliphatic carbocycles. The Morgan fingerprint density at radius 1 is 1.21 bits per heavy atom. The van der Waals surface area contributed by atoms with Crippen molar-refractivity contribution in [2.45, 2.75) is 71.5 Å². The highest BCUT2D eigenvalue weighted by molar-refractivity contribution is 5.89. The SMILES string of the molecule is CC(C)N1C[C@@H](C(=O)N[C@H](C)c2nnc3n2CCCCC3)CC1=O. The number of nitrogens with one attached hydrogen (secondary N) is 1. The molecular formula is C17H27N5O2. The number of aryl methyl sites for hydroxylation is 1. The Kier molecular flexibility index (Phi) is 4.87. The molecule has 1 N–H and O–H groups in total. The number of carbonyl (C=O) groups is 2. The average Bonchev–Trinajstić information content (AvgIpc) is 3.04. The van der Waals surface area contributed by atoms with Crippen molar-refractivity contribution in [2.75, 3.05) is 6.54 Å². The zero-order valence-corrected chi connectivity index (χ0v) is 14.8. The van der Waals surface area contributed by atoms with Crippen molar-refractivity contribution in [2.24, 2.45) is 5.92 Å². The molecule has 7 nitrogen and oxygen atoms in total. The Labute approximate surface area is 142 Å². The van der Waals surface area contributed by atoms with Crippen LogP contribution in [0, 0.1) is 5.92 Å². The molecule has 3 heterocycles. The lowest BCUT2D eigenvalue weighted by Gasteiger charge is -2.21. The van der Waals surface area contributed by atoms with Crippen LogP contribution in [-0.2, 0) is 22.6 Å². The van der Waals surface area contributed by atoms with Crippen LogP contribution in [0.15, 0.2) is 0 Å². The molecule has 1 aromatic rings. The molecule has 2 atom stereocenters. The quantitative estimate of drug-likeness (QED) is 0.904. The fraction of sp³-hybridized carbons (Fsp3) is 0.765. The molecule has 1 fully saturated rings. The normalized spacial score (nSPS) is 22.4. The topological polar surface area (TPSA) is 80.1 Å². The zero-order chi connectivity index (χ0) is 17.3. The van der Waals surface area contributed by atoms with Crippen molar-refractivity contribution in [3.63, 3.8) is 0 Å². The van der Waals surface area contributed by atoms with Gasteiger partial charge in [0.15, 0.2) is 5.82 Å². The van der Waals surface area contributed by atoms with Gasteiger partial charge in [0.1, 0.15) is 5.82 Å². The minimum atomic E-state index is -0.270. The lowest BCUT2D eigenvalue weighted by molar-refractivity contribution is -0.130. The Balaban J connectivity index is 1.65. The molecule has 0 unspecified atom stereocenters. The van der Waals surface area contributed by atoms with E-state index in [0.29, 0.717) is 13.0 Å². The van der Waals surface area contributed by atoms with Gasteiger partial charge in [-0.05, 0) is 33.6 Å². The van der Waals surface area contributed by atoms with Gasteiger partial charge in [-0.25, -0.2) is 0 Å². The van der Waals surface area contributed by atoms with Crippen molar-refractivity contribution >= 4 is 11.8 Å². The first-order valence-electron chi connectivity index (χ1n) is 8.99. The van der Waals surface area contributed by atoms with Gasteiger partial charge in [-0.3, -0.25) is 9.59 Å². The maximum absolute atomic E-state index is 12.6. The largest absolute Gasteiger partial charge is 0.346 e. The highest BCUT2D eigenvalue weighted by atomic mass is 16.2. The minimum absolute atomic E-state index is 0.0640. The summed E-state index contributed by atoms with van der Waals surface area (Å²) in [7, 11) is 0.